The van der Waals surface area contributed by atoms with Crippen LogP contribution in [0.25, 0.3) is 0 Å². The molecule has 1 aromatic carbocycles. The van der Waals surface area contributed by atoms with Gasteiger partial charge in [0.05, 0.1) is 5.25 Å². The van der Waals surface area contributed by atoms with E-state index in [1.54, 1.807) is 11.8 Å². The van der Waals surface area contributed by atoms with Gasteiger partial charge in [0.2, 0.25) is 5.91 Å². The van der Waals surface area contributed by atoms with Gasteiger partial charge in [-0.15, -0.1) is 11.8 Å². The highest BCUT2D eigenvalue weighted by Gasteiger charge is 2.16. The van der Waals surface area contributed by atoms with E-state index in [0.717, 1.165) is 11.4 Å². The minimum absolute atomic E-state index is 0.0763. The summed E-state index contributed by atoms with van der Waals surface area (Å²) in [5.74, 6) is 0.0763. The molecule has 0 bridgehead atoms. The molecule has 1 N–H and O–H groups in total. The van der Waals surface area contributed by atoms with Gasteiger partial charge in [-0.05, 0) is 58.9 Å². The van der Waals surface area contributed by atoms with Gasteiger partial charge in [-0.2, -0.15) is 0 Å². The van der Waals surface area contributed by atoms with Gasteiger partial charge in [-0.3, -0.25) is 9.69 Å². The van der Waals surface area contributed by atoms with E-state index in [1.165, 1.54) is 0 Å². The number of nitrogens with one attached hydrogen (secondary N) is 1. The van der Waals surface area contributed by atoms with Gasteiger partial charge in [0.15, 0.2) is 0 Å². The molecule has 22 heavy (non-hydrogen) atoms. The third-order valence-corrected chi connectivity index (χ3v) is 4.86. The van der Waals surface area contributed by atoms with E-state index < -0.39 is 0 Å². The lowest BCUT2D eigenvalue weighted by Crippen LogP contribution is -2.43. The lowest BCUT2D eigenvalue weighted by atomic mass is 10.2. The molecule has 0 aliphatic carbocycles. The highest BCUT2D eigenvalue weighted by molar-refractivity contribution is 8.00. The molecule has 0 radical (unpaired) electrons. The van der Waals surface area contributed by atoms with Gasteiger partial charge in [-0.1, -0.05) is 11.6 Å². The standard InChI is InChI=1S/C17H27ClN2OS/c1-12(2)20(13(3)4)11-10-19-17(21)14(5)22-16-8-6-15(18)7-9-16/h6-9,12-14H,10-11H2,1-5H3,(H,19,21)/t14-/m0/s1. The first-order valence-corrected chi connectivity index (χ1v) is 9.02. The number of carbonyl (C=O) groups excluding carboxylic acids is 1. The van der Waals surface area contributed by atoms with Crippen LogP contribution in [0.1, 0.15) is 34.6 Å². The van der Waals surface area contributed by atoms with Crippen LogP contribution in [0.4, 0.5) is 0 Å². The molecule has 0 spiro atoms. The lowest BCUT2D eigenvalue weighted by Gasteiger charge is -2.30. The Hall–Kier alpha value is -0.710. The minimum atomic E-state index is -0.118. The zero-order chi connectivity index (χ0) is 16.7. The van der Waals surface area contributed by atoms with Crippen LogP contribution in [0.15, 0.2) is 29.2 Å². The molecule has 0 heterocycles. The topological polar surface area (TPSA) is 32.3 Å². The van der Waals surface area contributed by atoms with Crippen molar-refractivity contribution in [3.8, 4) is 0 Å². The Labute approximate surface area is 143 Å². The number of nitrogens with zero attached hydrogens (tertiary/aromatic N) is 1. The monoisotopic (exact) mass is 342 g/mol. The fourth-order valence-electron chi connectivity index (χ4n) is 2.34. The van der Waals surface area contributed by atoms with Crippen molar-refractivity contribution >= 4 is 29.3 Å². The second-order valence-corrected chi connectivity index (χ2v) is 7.78. The molecule has 5 heteroatoms. The van der Waals surface area contributed by atoms with E-state index in [2.05, 4.69) is 37.9 Å². The third-order valence-electron chi connectivity index (χ3n) is 3.49. The zero-order valence-electron chi connectivity index (χ0n) is 14.1. The maximum absolute atomic E-state index is 12.2. The predicted molar refractivity (Wildman–Crippen MR) is 96.8 cm³/mol. The second-order valence-electron chi connectivity index (χ2n) is 5.93. The Balaban J connectivity index is 2.39. The summed E-state index contributed by atoms with van der Waals surface area (Å²) in [4.78, 5) is 15.6. The summed E-state index contributed by atoms with van der Waals surface area (Å²) in [5.41, 5.74) is 0. The molecule has 0 aliphatic rings. The number of hydrogen-bond acceptors (Lipinski definition) is 3. The number of hydrogen-bond donors (Lipinski definition) is 1. The average Bonchev–Trinajstić information content (AvgIpc) is 2.44. The van der Waals surface area contributed by atoms with E-state index in [-0.39, 0.29) is 11.2 Å². The first-order chi connectivity index (χ1) is 10.3. The summed E-state index contributed by atoms with van der Waals surface area (Å²) in [5, 5.41) is 3.62. The third kappa shape index (κ3) is 6.59. The lowest BCUT2D eigenvalue weighted by molar-refractivity contribution is -0.120. The maximum atomic E-state index is 12.2. The molecule has 1 amide bonds. The van der Waals surface area contributed by atoms with E-state index in [9.17, 15) is 4.79 Å². The molecule has 0 aromatic heterocycles. The van der Waals surface area contributed by atoms with E-state index in [1.807, 2.05) is 31.2 Å². The van der Waals surface area contributed by atoms with Crippen LogP contribution in [0.5, 0.6) is 0 Å². The van der Waals surface area contributed by atoms with Crippen LogP contribution in [0.2, 0.25) is 5.02 Å². The Morgan fingerprint density at radius 1 is 1.14 bits per heavy atom. The second kappa shape index (κ2) is 9.43. The Bertz CT molecular complexity index is 454. The largest absolute Gasteiger partial charge is 0.354 e. The molecule has 0 fully saturated rings. The molecule has 0 saturated carbocycles. The number of carbonyl (C=O) groups is 1. The smallest absolute Gasteiger partial charge is 0.233 e. The van der Waals surface area contributed by atoms with Crippen LogP contribution in [0.3, 0.4) is 0 Å². The average molecular weight is 343 g/mol. The Kier molecular flexibility index (Phi) is 8.29. The number of halogens is 1. The van der Waals surface area contributed by atoms with Crippen molar-refractivity contribution < 1.29 is 4.79 Å². The highest BCUT2D eigenvalue weighted by Crippen LogP contribution is 2.24. The summed E-state index contributed by atoms with van der Waals surface area (Å²) < 4.78 is 0. The van der Waals surface area contributed by atoms with Crippen molar-refractivity contribution in [2.45, 2.75) is 56.8 Å². The highest BCUT2D eigenvalue weighted by atomic mass is 35.5. The molecular formula is C17H27ClN2OS. The van der Waals surface area contributed by atoms with Gasteiger partial charge in [0.25, 0.3) is 0 Å². The fourth-order valence-corrected chi connectivity index (χ4v) is 3.35. The summed E-state index contributed by atoms with van der Waals surface area (Å²) >= 11 is 7.41. The van der Waals surface area contributed by atoms with E-state index in [0.29, 0.717) is 23.7 Å². The number of benzene rings is 1. The molecule has 1 rings (SSSR count). The van der Waals surface area contributed by atoms with Gasteiger partial charge < -0.3 is 5.32 Å². The van der Waals surface area contributed by atoms with Crippen molar-refractivity contribution in [2.24, 2.45) is 0 Å². The first-order valence-electron chi connectivity index (χ1n) is 7.77. The fraction of sp³-hybridized carbons (Fsp3) is 0.588. The van der Waals surface area contributed by atoms with Crippen LogP contribution in [-0.2, 0) is 4.79 Å². The quantitative estimate of drug-likeness (QED) is 0.723. The first kappa shape index (κ1) is 19.3. The normalized spacial score (nSPS) is 13.0. The number of thioether (sulfide) groups is 1. The van der Waals surface area contributed by atoms with Crippen molar-refractivity contribution in [1.29, 1.82) is 0 Å². The Morgan fingerprint density at radius 2 is 1.68 bits per heavy atom. The van der Waals surface area contributed by atoms with Crippen LogP contribution >= 0.6 is 23.4 Å². The Morgan fingerprint density at radius 3 is 2.18 bits per heavy atom. The van der Waals surface area contributed by atoms with Crippen LogP contribution in [0, 0.1) is 0 Å². The molecule has 124 valence electrons. The number of rotatable bonds is 8. The molecule has 0 unspecified atom stereocenters. The molecule has 3 nitrogen and oxygen atoms in total. The minimum Gasteiger partial charge on any atom is -0.354 e. The van der Waals surface area contributed by atoms with E-state index >= 15 is 0 Å². The molecule has 0 saturated heterocycles. The van der Waals surface area contributed by atoms with Crippen molar-refractivity contribution in [3.63, 3.8) is 0 Å². The van der Waals surface area contributed by atoms with Crippen molar-refractivity contribution in [2.75, 3.05) is 13.1 Å². The molecule has 0 aliphatic heterocycles. The summed E-state index contributed by atoms with van der Waals surface area (Å²) in [6.45, 7) is 12.2. The molecular weight excluding hydrogens is 316 g/mol. The van der Waals surface area contributed by atoms with Gasteiger partial charge in [-0.25, -0.2) is 0 Å². The van der Waals surface area contributed by atoms with Gasteiger partial charge >= 0.3 is 0 Å². The molecule has 1 aromatic rings. The number of amides is 1. The van der Waals surface area contributed by atoms with E-state index in [4.69, 9.17) is 11.6 Å². The zero-order valence-corrected chi connectivity index (χ0v) is 15.7. The van der Waals surface area contributed by atoms with Gasteiger partial charge in [0.1, 0.15) is 0 Å². The van der Waals surface area contributed by atoms with Crippen LogP contribution in [-0.4, -0.2) is 41.2 Å². The van der Waals surface area contributed by atoms with Gasteiger partial charge in [0, 0.05) is 35.1 Å². The summed E-state index contributed by atoms with van der Waals surface area (Å²) in [7, 11) is 0. The maximum Gasteiger partial charge on any atom is 0.233 e. The SMILES string of the molecule is CC(C)N(CCNC(=O)[C@H](C)Sc1ccc(Cl)cc1)C(C)C. The molecule has 1 atom stereocenters. The predicted octanol–water partition coefficient (Wildman–Crippen LogP) is 4.06. The van der Waals surface area contributed by atoms with Crippen molar-refractivity contribution in [3.05, 3.63) is 29.3 Å². The van der Waals surface area contributed by atoms with Crippen LogP contribution < -0.4 is 5.32 Å². The van der Waals surface area contributed by atoms with Crippen molar-refractivity contribution in [1.82, 2.24) is 10.2 Å². The summed E-state index contributed by atoms with van der Waals surface area (Å²) in [6.07, 6.45) is 0. The summed E-state index contributed by atoms with van der Waals surface area (Å²) in [6, 6.07) is 8.54.